The summed E-state index contributed by atoms with van der Waals surface area (Å²) in [6.45, 7) is 3.27. The number of para-hydroxylation sites is 1. The minimum absolute atomic E-state index is 0.196. The molecule has 0 fully saturated rings. The predicted octanol–water partition coefficient (Wildman–Crippen LogP) is 2.46. The van der Waals surface area contributed by atoms with Gasteiger partial charge in [0.2, 0.25) is 0 Å². The van der Waals surface area contributed by atoms with Gasteiger partial charge in [0, 0.05) is 24.0 Å². The topological polar surface area (TPSA) is 54.4 Å². The van der Waals surface area contributed by atoms with Gasteiger partial charge in [0.1, 0.15) is 0 Å². The number of benzene rings is 1. The lowest BCUT2D eigenvalue weighted by molar-refractivity contribution is 0.369. The Morgan fingerprint density at radius 2 is 2.22 bits per heavy atom. The number of aryl methyl sites for hydroxylation is 1. The van der Waals surface area contributed by atoms with E-state index >= 15 is 0 Å². The highest BCUT2D eigenvalue weighted by Gasteiger charge is 2.06. The van der Waals surface area contributed by atoms with Gasteiger partial charge in [-0.15, -0.1) is 11.3 Å². The lowest BCUT2D eigenvalue weighted by atomic mass is 10.2. The summed E-state index contributed by atoms with van der Waals surface area (Å²) in [7, 11) is 1.55. The van der Waals surface area contributed by atoms with E-state index in [1.165, 1.54) is 0 Å². The van der Waals surface area contributed by atoms with Crippen molar-refractivity contribution in [3.05, 3.63) is 39.8 Å². The Morgan fingerprint density at radius 3 is 2.89 bits per heavy atom. The molecule has 2 N–H and O–H groups in total. The molecule has 0 unspecified atom stereocenters. The van der Waals surface area contributed by atoms with Gasteiger partial charge in [0.25, 0.3) is 0 Å². The molecule has 2 rings (SSSR count). The van der Waals surface area contributed by atoms with Gasteiger partial charge in [-0.05, 0) is 13.0 Å². The van der Waals surface area contributed by atoms with Crippen LogP contribution in [-0.4, -0.2) is 17.2 Å². The number of hydrogen-bond acceptors (Lipinski definition) is 5. The van der Waals surface area contributed by atoms with Gasteiger partial charge >= 0.3 is 0 Å². The van der Waals surface area contributed by atoms with Crippen LogP contribution >= 0.6 is 11.3 Å². The third-order valence-corrected chi connectivity index (χ3v) is 3.41. The summed E-state index contributed by atoms with van der Waals surface area (Å²) in [5.41, 5.74) is 1.85. The number of phenols is 1. The first-order valence-electron chi connectivity index (χ1n) is 5.67. The Labute approximate surface area is 110 Å². The highest BCUT2D eigenvalue weighted by atomic mass is 32.1. The van der Waals surface area contributed by atoms with E-state index in [1.807, 2.05) is 24.4 Å². The molecule has 0 aliphatic heterocycles. The van der Waals surface area contributed by atoms with Gasteiger partial charge in [0.05, 0.1) is 17.8 Å². The van der Waals surface area contributed by atoms with Crippen molar-refractivity contribution in [1.29, 1.82) is 0 Å². The Kier molecular flexibility index (Phi) is 4.17. The maximum absolute atomic E-state index is 9.91. The Hall–Kier alpha value is -1.59. The van der Waals surface area contributed by atoms with Crippen LogP contribution in [0.15, 0.2) is 23.6 Å². The number of hydrogen-bond donors (Lipinski definition) is 2. The van der Waals surface area contributed by atoms with Crippen molar-refractivity contribution in [2.75, 3.05) is 7.11 Å². The second kappa shape index (κ2) is 5.84. The number of aromatic hydroxyl groups is 1. The zero-order valence-electron chi connectivity index (χ0n) is 10.4. The molecule has 96 valence electrons. The minimum Gasteiger partial charge on any atom is -0.504 e. The SMILES string of the molecule is COc1cccc(CNCc2csc(C)n2)c1O. The van der Waals surface area contributed by atoms with E-state index in [4.69, 9.17) is 4.74 Å². The maximum atomic E-state index is 9.91. The first kappa shape index (κ1) is 12.9. The summed E-state index contributed by atoms with van der Waals surface area (Å²) in [6.07, 6.45) is 0. The van der Waals surface area contributed by atoms with Gasteiger partial charge < -0.3 is 15.2 Å². The Balaban J connectivity index is 1.94. The van der Waals surface area contributed by atoms with Crippen LogP contribution in [0.2, 0.25) is 0 Å². The lowest BCUT2D eigenvalue weighted by Crippen LogP contribution is -2.13. The molecule has 0 aliphatic carbocycles. The lowest BCUT2D eigenvalue weighted by Gasteiger charge is -2.09. The normalized spacial score (nSPS) is 10.6. The fraction of sp³-hybridized carbons (Fsp3) is 0.308. The molecule has 0 saturated heterocycles. The summed E-state index contributed by atoms with van der Waals surface area (Å²) in [5.74, 6) is 0.695. The molecule has 0 atom stereocenters. The number of methoxy groups -OCH3 is 1. The van der Waals surface area contributed by atoms with E-state index in [-0.39, 0.29) is 5.75 Å². The quantitative estimate of drug-likeness (QED) is 0.871. The third-order valence-electron chi connectivity index (χ3n) is 2.59. The summed E-state index contributed by atoms with van der Waals surface area (Å²) in [6, 6.07) is 5.47. The molecule has 1 aromatic carbocycles. The standard InChI is InChI=1S/C13H16N2O2S/c1-9-15-11(8-18-9)7-14-6-10-4-3-5-12(17-2)13(10)16/h3-5,8,14,16H,6-7H2,1-2H3. The van der Waals surface area contributed by atoms with E-state index in [9.17, 15) is 5.11 Å². The summed E-state index contributed by atoms with van der Waals surface area (Å²) in [5, 5.41) is 16.3. The second-order valence-electron chi connectivity index (χ2n) is 3.93. The van der Waals surface area contributed by atoms with Crippen molar-refractivity contribution in [1.82, 2.24) is 10.3 Å². The van der Waals surface area contributed by atoms with Crippen molar-refractivity contribution >= 4 is 11.3 Å². The average molecular weight is 264 g/mol. The first-order chi connectivity index (χ1) is 8.70. The molecule has 4 nitrogen and oxygen atoms in total. The molecule has 0 amide bonds. The van der Waals surface area contributed by atoms with Crippen LogP contribution in [0.5, 0.6) is 11.5 Å². The highest BCUT2D eigenvalue weighted by Crippen LogP contribution is 2.29. The number of rotatable bonds is 5. The molecule has 0 saturated carbocycles. The van der Waals surface area contributed by atoms with Gasteiger partial charge in [-0.3, -0.25) is 0 Å². The largest absolute Gasteiger partial charge is 0.504 e. The van der Waals surface area contributed by atoms with Crippen molar-refractivity contribution in [3.8, 4) is 11.5 Å². The molecule has 18 heavy (non-hydrogen) atoms. The fourth-order valence-electron chi connectivity index (χ4n) is 1.69. The maximum Gasteiger partial charge on any atom is 0.162 e. The number of thiazole rings is 1. The fourth-order valence-corrected chi connectivity index (χ4v) is 2.30. The van der Waals surface area contributed by atoms with Crippen LogP contribution in [-0.2, 0) is 13.1 Å². The van der Waals surface area contributed by atoms with Crippen LogP contribution in [0, 0.1) is 6.92 Å². The number of aromatic nitrogens is 1. The number of nitrogens with zero attached hydrogens (tertiary/aromatic N) is 1. The van der Waals surface area contributed by atoms with Crippen LogP contribution in [0.1, 0.15) is 16.3 Å². The van der Waals surface area contributed by atoms with Crippen LogP contribution in [0.4, 0.5) is 0 Å². The number of ether oxygens (including phenoxy) is 1. The van der Waals surface area contributed by atoms with Gasteiger partial charge in [-0.2, -0.15) is 0 Å². The molecular weight excluding hydrogens is 248 g/mol. The Morgan fingerprint density at radius 1 is 1.39 bits per heavy atom. The molecule has 0 bridgehead atoms. The molecule has 0 spiro atoms. The van der Waals surface area contributed by atoms with Crippen LogP contribution in [0.3, 0.4) is 0 Å². The van der Waals surface area contributed by atoms with Gasteiger partial charge in [-0.1, -0.05) is 12.1 Å². The molecule has 5 heteroatoms. The number of phenolic OH excluding ortho intramolecular Hbond substituents is 1. The van der Waals surface area contributed by atoms with Gasteiger partial charge in [-0.25, -0.2) is 4.98 Å². The molecule has 1 heterocycles. The third kappa shape index (κ3) is 3.00. The van der Waals surface area contributed by atoms with E-state index in [2.05, 4.69) is 10.3 Å². The van der Waals surface area contributed by atoms with Crippen LogP contribution < -0.4 is 10.1 Å². The van der Waals surface area contributed by atoms with E-state index < -0.39 is 0 Å². The summed E-state index contributed by atoms with van der Waals surface area (Å²) < 4.78 is 5.07. The smallest absolute Gasteiger partial charge is 0.162 e. The van der Waals surface area contributed by atoms with E-state index in [0.717, 1.165) is 16.3 Å². The summed E-state index contributed by atoms with van der Waals surface area (Å²) >= 11 is 1.64. The van der Waals surface area contributed by atoms with Crippen LogP contribution in [0.25, 0.3) is 0 Å². The highest BCUT2D eigenvalue weighted by molar-refractivity contribution is 7.09. The molecule has 2 aromatic rings. The average Bonchev–Trinajstić information content (AvgIpc) is 2.77. The first-order valence-corrected chi connectivity index (χ1v) is 6.55. The van der Waals surface area contributed by atoms with E-state index in [1.54, 1.807) is 24.5 Å². The number of nitrogens with one attached hydrogen (secondary N) is 1. The minimum atomic E-state index is 0.196. The predicted molar refractivity (Wildman–Crippen MR) is 72.1 cm³/mol. The monoisotopic (exact) mass is 264 g/mol. The molecule has 1 aromatic heterocycles. The Bertz CT molecular complexity index is 525. The van der Waals surface area contributed by atoms with Crippen molar-refractivity contribution < 1.29 is 9.84 Å². The summed E-state index contributed by atoms with van der Waals surface area (Å²) in [4.78, 5) is 4.37. The molecule has 0 radical (unpaired) electrons. The van der Waals surface area contributed by atoms with Crippen molar-refractivity contribution in [2.24, 2.45) is 0 Å². The van der Waals surface area contributed by atoms with E-state index in [0.29, 0.717) is 18.8 Å². The second-order valence-corrected chi connectivity index (χ2v) is 4.99. The van der Waals surface area contributed by atoms with Crippen molar-refractivity contribution in [2.45, 2.75) is 20.0 Å². The molecule has 0 aliphatic rings. The molecular formula is C13H16N2O2S. The van der Waals surface area contributed by atoms with Crippen molar-refractivity contribution in [3.63, 3.8) is 0 Å². The zero-order chi connectivity index (χ0) is 13.0. The van der Waals surface area contributed by atoms with Gasteiger partial charge in [0.15, 0.2) is 11.5 Å². The zero-order valence-corrected chi connectivity index (χ0v) is 11.3.